The molecule has 3 aromatic heterocycles. The van der Waals surface area contributed by atoms with Crippen LogP contribution in [0, 0.1) is 18.3 Å². The summed E-state index contributed by atoms with van der Waals surface area (Å²) in [5, 5.41) is 14.4. The van der Waals surface area contributed by atoms with E-state index in [0.29, 0.717) is 21.5 Å². The molecule has 8 nitrogen and oxygen atoms in total. The number of aromatic nitrogens is 4. The Hall–Kier alpha value is -5.07. The van der Waals surface area contributed by atoms with Gasteiger partial charge in [0.15, 0.2) is 5.57 Å². The lowest BCUT2D eigenvalue weighted by molar-refractivity contribution is -0.112. The van der Waals surface area contributed by atoms with Crippen molar-refractivity contribution < 1.29 is 4.79 Å². The number of hydrogen-bond acceptors (Lipinski definition) is 6. The second-order valence-corrected chi connectivity index (χ2v) is 9.18. The van der Waals surface area contributed by atoms with Crippen LogP contribution < -0.4 is 20.5 Å². The highest BCUT2D eigenvalue weighted by atomic mass is 32.1. The van der Waals surface area contributed by atoms with Crippen LogP contribution in [0.25, 0.3) is 34.3 Å². The minimum atomic E-state index is -0.898. The van der Waals surface area contributed by atoms with Crippen LogP contribution in [0.5, 0.6) is 0 Å². The monoisotopic (exact) mass is 504 g/mol. The SMILES string of the molecule is Cc1ccccc1-n1c(=O)/c(=C\c2cn(-c3ccccc3)nc2-c2cccnc2)s/c1=C(/C#N)C(N)=O. The molecule has 0 fully saturated rings. The summed E-state index contributed by atoms with van der Waals surface area (Å²) >= 11 is 1.04. The summed E-state index contributed by atoms with van der Waals surface area (Å²) in [5.74, 6) is -0.898. The average molecular weight is 505 g/mol. The van der Waals surface area contributed by atoms with Gasteiger partial charge in [0.05, 0.1) is 15.9 Å². The van der Waals surface area contributed by atoms with Crippen LogP contribution in [0.3, 0.4) is 0 Å². The molecule has 2 aromatic carbocycles. The molecule has 5 aromatic rings. The van der Waals surface area contributed by atoms with Crippen LogP contribution in [0.4, 0.5) is 0 Å². The normalized spacial score (nSPS) is 12.3. The number of rotatable bonds is 5. The van der Waals surface area contributed by atoms with E-state index in [2.05, 4.69) is 4.98 Å². The molecular formula is C28H20N6O2S. The summed E-state index contributed by atoms with van der Waals surface area (Å²) in [4.78, 5) is 30.1. The van der Waals surface area contributed by atoms with Crippen molar-refractivity contribution in [1.29, 1.82) is 5.26 Å². The standard InChI is InChI=1S/C28H20N6O2S/c1-18-8-5-6-12-23(18)34-27(36)24(37-28(34)22(15-29)26(30)35)14-20-17-33(21-10-3-2-4-11-21)32-25(20)19-9-7-13-31-16-19/h2-14,16-17H,1H3,(H2,30,35)/b24-14+,28-22-. The maximum absolute atomic E-state index is 13.7. The predicted octanol–water partition coefficient (Wildman–Crippen LogP) is 2.44. The number of carbonyl (C=O) groups is 1. The Kier molecular flexibility index (Phi) is 6.32. The van der Waals surface area contributed by atoms with Crippen LogP contribution in [0.15, 0.2) is 90.1 Å². The quantitative estimate of drug-likeness (QED) is 0.394. The summed E-state index contributed by atoms with van der Waals surface area (Å²) in [6.07, 6.45) is 6.93. The number of primary amides is 1. The third kappa shape index (κ3) is 4.49. The van der Waals surface area contributed by atoms with E-state index in [-0.39, 0.29) is 15.8 Å². The zero-order valence-corrected chi connectivity index (χ0v) is 20.5. The molecule has 0 saturated carbocycles. The van der Waals surface area contributed by atoms with Crippen molar-refractivity contribution in [2.75, 3.05) is 0 Å². The lowest BCUT2D eigenvalue weighted by atomic mass is 10.1. The number of carbonyl (C=O) groups excluding carboxylic acids is 1. The van der Waals surface area contributed by atoms with Gasteiger partial charge in [0.2, 0.25) is 0 Å². The number of para-hydroxylation sites is 2. The first-order chi connectivity index (χ1) is 18.0. The Morgan fingerprint density at radius 1 is 1.08 bits per heavy atom. The number of pyridine rings is 1. The Bertz CT molecular complexity index is 1840. The number of benzene rings is 2. The van der Waals surface area contributed by atoms with Gasteiger partial charge in [-0.05, 0) is 48.9 Å². The van der Waals surface area contributed by atoms with Crippen LogP contribution >= 0.6 is 11.3 Å². The van der Waals surface area contributed by atoms with Gasteiger partial charge in [-0.15, -0.1) is 11.3 Å². The molecule has 9 heteroatoms. The first kappa shape index (κ1) is 23.7. The number of thiazole rings is 1. The van der Waals surface area contributed by atoms with E-state index in [1.54, 1.807) is 35.3 Å². The first-order valence-corrected chi connectivity index (χ1v) is 12.1. The molecule has 5 rings (SSSR count). The van der Waals surface area contributed by atoms with Gasteiger partial charge in [0.25, 0.3) is 11.5 Å². The smallest absolute Gasteiger partial charge is 0.273 e. The van der Waals surface area contributed by atoms with Gasteiger partial charge in [-0.1, -0.05) is 36.4 Å². The molecule has 1 amide bonds. The number of hydrogen-bond donors (Lipinski definition) is 1. The van der Waals surface area contributed by atoms with E-state index in [1.165, 1.54) is 4.57 Å². The van der Waals surface area contributed by atoms with Crippen LogP contribution in [-0.4, -0.2) is 25.2 Å². The van der Waals surface area contributed by atoms with Gasteiger partial charge in [0.1, 0.15) is 16.4 Å². The number of nitriles is 1. The van der Waals surface area contributed by atoms with Crippen molar-refractivity contribution in [2.45, 2.75) is 6.92 Å². The van der Waals surface area contributed by atoms with Gasteiger partial charge in [-0.3, -0.25) is 19.1 Å². The van der Waals surface area contributed by atoms with Crippen molar-refractivity contribution in [3.63, 3.8) is 0 Å². The summed E-state index contributed by atoms with van der Waals surface area (Å²) in [7, 11) is 0. The molecule has 0 radical (unpaired) electrons. The second kappa shape index (κ2) is 9.89. The highest BCUT2D eigenvalue weighted by Gasteiger charge is 2.17. The van der Waals surface area contributed by atoms with E-state index in [1.807, 2.05) is 73.8 Å². The maximum atomic E-state index is 13.7. The lowest BCUT2D eigenvalue weighted by Crippen LogP contribution is -2.32. The average Bonchev–Trinajstić information content (AvgIpc) is 3.47. The fourth-order valence-electron chi connectivity index (χ4n) is 3.97. The molecule has 0 aliphatic carbocycles. The van der Waals surface area contributed by atoms with Gasteiger partial charge < -0.3 is 5.73 Å². The number of amides is 1. The van der Waals surface area contributed by atoms with Crippen molar-refractivity contribution in [1.82, 2.24) is 19.3 Å². The maximum Gasteiger partial charge on any atom is 0.273 e. The zero-order chi connectivity index (χ0) is 25.9. The fraction of sp³-hybridized carbons (Fsp3) is 0.0357. The van der Waals surface area contributed by atoms with Gasteiger partial charge in [-0.25, -0.2) is 4.68 Å². The van der Waals surface area contributed by atoms with E-state index < -0.39 is 5.91 Å². The predicted molar refractivity (Wildman–Crippen MR) is 142 cm³/mol. The minimum absolute atomic E-state index is 0.180. The van der Waals surface area contributed by atoms with Crippen molar-refractivity contribution in [3.05, 3.63) is 116 Å². The molecule has 0 saturated heterocycles. The topological polar surface area (TPSA) is 120 Å². The molecular weight excluding hydrogens is 484 g/mol. The summed E-state index contributed by atoms with van der Waals surface area (Å²) in [5.41, 5.74) is 9.18. The molecule has 0 atom stereocenters. The number of nitrogens with zero attached hydrogens (tertiary/aromatic N) is 5. The fourth-order valence-corrected chi connectivity index (χ4v) is 5.06. The van der Waals surface area contributed by atoms with Gasteiger partial charge in [-0.2, -0.15) is 10.4 Å². The molecule has 0 spiro atoms. The molecule has 0 aliphatic rings. The van der Waals surface area contributed by atoms with E-state index in [9.17, 15) is 14.9 Å². The number of nitrogens with two attached hydrogens (primary N) is 1. The van der Waals surface area contributed by atoms with Crippen molar-refractivity contribution >= 4 is 28.9 Å². The molecule has 0 aliphatic heterocycles. The van der Waals surface area contributed by atoms with Gasteiger partial charge >= 0.3 is 0 Å². The van der Waals surface area contributed by atoms with Gasteiger partial charge in [0, 0.05) is 29.7 Å². The lowest BCUT2D eigenvalue weighted by Gasteiger charge is -2.06. The first-order valence-electron chi connectivity index (χ1n) is 11.3. The Balaban J connectivity index is 1.83. The van der Waals surface area contributed by atoms with E-state index >= 15 is 0 Å². The highest BCUT2D eigenvalue weighted by Crippen LogP contribution is 2.23. The molecule has 2 N–H and O–H groups in total. The van der Waals surface area contributed by atoms with Crippen LogP contribution in [0.1, 0.15) is 11.1 Å². The number of aryl methyl sites for hydroxylation is 1. The summed E-state index contributed by atoms with van der Waals surface area (Å²) in [6, 6.07) is 22.5. The zero-order valence-electron chi connectivity index (χ0n) is 19.7. The van der Waals surface area contributed by atoms with Crippen LogP contribution in [-0.2, 0) is 4.79 Å². The van der Waals surface area contributed by atoms with Crippen molar-refractivity contribution in [2.24, 2.45) is 5.73 Å². The largest absolute Gasteiger partial charge is 0.365 e. The van der Waals surface area contributed by atoms with Crippen LogP contribution in [0.2, 0.25) is 0 Å². The summed E-state index contributed by atoms with van der Waals surface area (Å²) < 4.78 is 3.61. The Morgan fingerprint density at radius 3 is 2.51 bits per heavy atom. The third-order valence-electron chi connectivity index (χ3n) is 5.74. The summed E-state index contributed by atoms with van der Waals surface area (Å²) in [6.45, 7) is 1.85. The Labute approximate surface area is 215 Å². The third-order valence-corrected chi connectivity index (χ3v) is 6.83. The molecule has 180 valence electrons. The second-order valence-electron chi connectivity index (χ2n) is 8.15. The minimum Gasteiger partial charge on any atom is -0.365 e. The van der Waals surface area contributed by atoms with Crippen molar-refractivity contribution in [3.8, 4) is 28.7 Å². The van der Waals surface area contributed by atoms with E-state index in [4.69, 9.17) is 10.8 Å². The molecule has 37 heavy (non-hydrogen) atoms. The molecule has 0 bridgehead atoms. The highest BCUT2D eigenvalue weighted by molar-refractivity contribution is 7.07. The molecule has 0 unspecified atom stereocenters. The molecule has 3 heterocycles. The van der Waals surface area contributed by atoms with E-state index in [0.717, 1.165) is 28.2 Å². The Morgan fingerprint density at radius 2 is 1.84 bits per heavy atom.